The molecule has 0 aliphatic carbocycles. The van der Waals surface area contributed by atoms with Crippen molar-refractivity contribution >= 4 is 17.2 Å². The molecule has 2 rings (SSSR count). The van der Waals surface area contributed by atoms with Crippen LogP contribution in [0.5, 0.6) is 5.75 Å². The van der Waals surface area contributed by atoms with Gasteiger partial charge in [0.1, 0.15) is 17.7 Å². The van der Waals surface area contributed by atoms with Crippen LogP contribution in [-0.4, -0.2) is 36.1 Å². The van der Waals surface area contributed by atoms with Crippen molar-refractivity contribution in [3.05, 3.63) is 52.5 Å². The number of benzene rings is 1. The van der Waals surface area contributed by atoms with Crippen LogP contribution in [0.2, 0.25) is 0 Å². The van der Waals surface area contributed by atoms with Gasteiger partial charge in [0, 0.05) is 18.0 Å². The van der Waals surface area contributed by atoms with Crippen LogP contribution in [0.15, 0.2) is 41.8 Å². The number of ether oxygens (including phenoxy) is 1. The number of halogens is 1. The van der Waals surface area contributed by atoms with E-state index in [2.05, 4.69) is 0 Å². The van der Waals surface area contributed by atoms with Crippen molar-refractivity contribution in [2.45, 2.75) is 6.10 Å². The Morgan fingerprint density at radius 1 is 1.43 bits per heavy atom. The summed E-state index contributed by atoms with van der Waals surface area (Å²) in [4.78, 5) is 14.1. The molecule has 0 saturated carbocycles. The topological polar surface area (TPSA) is 49.8 Å². The smallest absolute Gasteiger partial charge is 0.260 e. The minimum Gasteiger partial charge on any atom is -0.484 e. The second-order valence-electron chi connectivity index (χ2n) is 4.55. The fourth-order valence-electron chi connectivity index (χ4n) is 1.74. The Hall–Kier alpha value is -1.92. The first-order chi connectivity index (χ1) is 10.1. The molecule has 1 N–H and O–H groups in total. The summed E-state index contributed by atoms with van der Waals surface area (Å²) in [6, 6.07) is 9.28. The van der Waals surface area contributed by atoms with Crippen molar-refractivity contribution in [1.82, 2.24) is 4.90 Å². The van der Waals surface area contributed by atoms with Crippen molar-refractivity contribution in [1.29, 1.82) is 0 Å². The van der Waals surface area contributed by atoms with E-state index in [1.165, 1.54) is 34.4 Å². The van der Waals surface area contributed by atoms with Crippen molar-refractivity contribution < 1.29 is 19.0 Å². The minimum absolute atomic E-state index is 0.186. The average molecular weight is 309 g/mol. The van der Waals surface area contributed by atoms with Crippen LogP contribution in [0, 0.1) is 5.82 Å². The predicted molar refractivity (Wildman–Crippen MR) is 78.8 cm³/mol. The van der Waals surface area contributed by atoms with Crippen molar-refractivity contribution in [2.75, 3.05) is 20.2 Å². The van der Waals surface area contributed by atoms with Gasteiger partial charge < -0.3 is 14.7 Å². The van der Waals surface area contributed by atoms with Gasteiger partial charge in [0.05, 0.1) is 6.54 Å². The zero-order valence-electron chi connectivity index (χ0n) is 11.5. The summed E-state index contributed by atoms with van der Waals surface area (Å²) in [5.41, 5.74) is 0. The van der Waals surface area contributed by atoms with Gasteiger partial charge in [-0.25, -0.2) is 4.39 Å². The summed E-state index contributed by atoms with van der Waals surface area (Å²) >= 11 is 1.44. The molecule has 0 spiro atoms. The maximum atomic E-state index is 13.0. The highest BCUT2D eigenvalue weighted by Crippen LogP contribution is 2.19. The van der Waals surface area contributed by atoms with Crippen LogP contribution < -0.4 is 4.74 Å². The van der Waals surface area contributed by atoms with E-state index in [0.29, 0.717) is 5.75 Å². The molecular weight excluding hydrogens is 293 g/mol. The highest BCUT2D eigenvalue weighted by atomic mass is 32.1. The third-order valence-corrected chi connectivity index (χ3v) is 3.88. The molecule has 1 heterocycles. The zero-order valence-corrected chi connectivity index (χ0v) is 12.3. The number of rotatable bonds is 6. The summed E-state index contributed by atoms with van der Waals surface area (Å²) in [5, 5.41) is 11.8. The largest absolute Gasteiger partial charge is 0.484 e. The number of hydrogen-bond donors (Lipinski definition) is 1. The van der Waals surface area contributed by atoms with E-state index in [-0.39, 0.29) is 19.1 Å². The van der Waals surface area contributed by atoms with Gasteiger partial charge in [-0.1, -0.05) is 12.1 Å². The van der Waals surface area contributed by atoms with Gasteiger partial charge in [-0.05, 0) is 23.6 Å². The maximum absolute atomic E-state index is 13.0. The van der Waals surface area contributed by atoms with Crippen molar-refractivity contribution in [3.8, 4) is 5.75 Å². The number of likely N-dealkylation sites (N-methyl/N-ethyl adjacent to an activating group) is 1. The van der Waals surface area contributed by atoms with Crippen LogP contribution >= 0.6 is 11.3 Å². The molecule has 0 radical (unpaired) electrons. The normalized spacial score (nSPS) is 12.0. The maximum Gasteiger partial charge on any atom is 0.260 e. The number of aliphatic hydroxyl groups excluding tert-OH is 1. The fourth-order valence-corrected chi connectivity index (χ4v) is 2.45. The molecule has 1 aromatic heterocycles. The Bertz CT molecular complexity index is 588. The van der Waals surface area contributed by atoms with Gasteiger partial charge in [-0.3, -0.25) is 4.79 Å². The average Bonchev–Trinajstić information content (AvgIpc) is 2.99. The lowest BCUT2D eigenvalue weighted by Gasteiger charge is -2.20. The van der Waals surface area contributed by atoms with Crippen LogP contribution in [0.3, 0.4) is 0 Å². The van der Waals surface area contributed by atoms with Gasteiger partial charge in [-0.15, -0.1) is 11.3 Å². The molecule has 1 aromatic carbocycles. The number of hydrogen-bond acceptors (Lipinski definition) is 4. The number of aliphatic hydroxyl groups is 1. The summed E-state index contributed by atoms with van der Waals surface area (Å²) in [6.45, 7) is -0.0109. The summed E-state index contributed by atoms with van der Waals surface area (Å²) in [6.07, 6.45) is -0.715. The van der Waals surface area contributed by atoms with E-state index in [1.807, 2.05) is 17.5 Å². The molecule has 0 saturated heterocycles. The van der Waals surface area contributed by atoms with Crippen LogP contribution in [-0.2, 0) is 4.79 Å². The SMILES string of the molecule is CN(CC(O)c1cccs1)C(=O)COc1cccc(F)c1. The lowest BCUT2D eigenvalue weighted by Crippen LogP contribution is -2.34. The van der Waals surface area contributed by atoms with Crippen molar-refractivity contribution in [2.24, 2.45) is 0 Å². The Morgan fingerprint density at radius 2 is 2.24 bits per heavy atom. The minimum atomic E-state index is -0.715. The predicted octanol–water partition coefficient (Wildman–Crippen LogP) is 2.46. The molecule has 4 nitrogen and oxygen atoms in total. The van der Waals surface area contributed by atoms with E-state index in [9.17, 15) is 14.3 Å². The molecule has 112 valence electrons. The first-order valence-corrected chi connectivity index (χ1v) is 7.28. The van der Waals surface area contributed by atoms with Gasteiger partial charge >= 0.3 is 0 Å². The second-order valence-corrected chi connectivity index (χ2v) is 5.53. The molecule has 6 heteroatoms. The Kier molecular flexibility index (Phi) is 5.30. The first kappa shape index (κ1) is 15.5. The monoisotopic (exact) mass is 309 g/mol. The van der Waals surface area contributed by atoms with Crippen molar-refractivity contribution in [3.63, 3.8) is 0 Å². The first-order valence-electron chi connectivity index (χ1n) is 6.40. The highest BCUT2D eigenvalue weighted by molar-refractivity contribution is 7.10. The van der Waals surface area contributed by atoms with Gasteiger partial charge in [-0.2, -0.15) is 0 Å². The van der Waals surface area contributed by atoms with Crippen LogP contribution in [0.4, 0.5) is 4.39 Å². The molecule has 2 aromatic rings. The van der Waals surface area contributed by atoms with Gasteiger partial charge in [0.2, 0.25) is 0 Å². The third-order valence-electron chi connectivity index (χ3n) is 2.90. The molecular formula is C15H16FNO3S. The van der Waals surface area contributed by atoms with E-state index >= 15 is 0 Å². The zero-order chi connectivity index (χ0) is 15.2. The quantitative estimate of drug-likeness (QED) is 0.892. The van der Waals surface area contributed by atoms with E-state index in [4.69, 9.17) is 4.74 Å². The number of carbonyl (C=O) groups excluding carboxylic acids is 1. The molecule has 0 fully saturated rings. The van der Waals surface area contributed by atoms with Gasteiger partial charge in [0.25, 0.3) is 5.91 Å². The Labute approximate surface area is 126 Å². The molecule has 0 bridgehead atoms. The van der Waals surface area contributed by atoms with Gasteiger partial charge in [0.15, 0.2) is 6.61 Å². The van der Waals surface area contributed by atoms with E-state index in [1.54, 1.807) is 13.1 Å². The molecule has 21 heavy (non-hydrogen) atoms. The number of nitrogens with zero attached hydrogens (tertiary/aromatic N) is 1. The second kappa shape index (κ2) is 7.19. The fraction of sp³-hybridized carbons (Fsp3) is 0.267. The molecule has 1 atom stereocenters. The summed E-state index contributed by atoms with van der Waals surface area (Å²) in [7, 11) is 1.59. The number of amides is 1. The van der Waals surface area contributed by atoms with Crippen LogP contribution in [0.1, 0.15) is 11.0 Å². The Balaban J connectivity index is 1.82. The standard InChI is InChI=1S/C15H16FNO3S/c1-17(9-13(18)14-6-3-7-21-14)15(19)10-20-12-5-2-4-11(16)8-12/h2-8,13,18H,9-10H2,1H3. The summed E-state index contributed by atoms with van der Waals surface area (Å²) in [5.74, 6) is -0.396. The number of carbonyl (C=O) groups is 1. The lowest BCUT2D eigenvalue weighted by atomic mass is 10.3. The molecule has 1 amide bonds. The Morgan fingerprint density at radius 3 is 2.90 bits per heavy atom. The lowest BCUT2D eigenvalue weighted by molar-refractivity contribution is -0.133. The van der Waals surface area contributed by atoms with E-state index < -0.39 is 11.9 Å². The van der Waals surface area contributed by atoms with E-state index in [0.717, 1.165) is 4.88 Å². The number of thiophene rings is 1. The molecule has 0 aliphatic heterocycles. The highest BCUT2D eigenvalue weighted by Gasteiger charge is 2.16. The van der Waals surface area contributed by atoms with Crippen LogP contribution in [0.25, 0.3) is 0 Å². The third kappa shape index (κ3) is 4.54. The molecule has 1 unspecified atom stereocenters. The molecule has 0 aliphatic rings. The summed E-state index contributed by atoms with van der Waals surface area (Å²) < 4.78 is 18.2.